The maximum Gasteiger partial charge on any atom is 0.333 e. The van der Waals surface area contributed by atoms with Crippen LogP contribution in [0.3, 0.4) is 0 Å². The van der Waals surface area contributed by atoms with Crippen LogP contribution in [0.2, 0.25) is 5.28 Å². The summed E-state index contributed by atoms with van der Waals surface area (Å²) in [6.07, 6.45) is 4.99. The van der Waals surface area contributed by atoms with Gasteiger partial charge in [-0.15, -0.1) is 5.06 Å². The Morgan fingerprint density at radius 1 is 0.718 bits per heavy atom. The molecule has 1 aromatic heterocycles. The lowest BCUT2D eigenvalue weighted by Crippen LogP contribution is -2.34. The van der Waals surface area contributed by atoms with E-state index in [1.54, 1.807) is 0 Å². The maximum absolute atomic E-state index is 12.0. The van der Waals surface area contributed by atoms with Crippen molar-refractivity contribution in [3.8, 4) is 0 Å². The highest BCUT2D eigenvalue weighted by atomic mass is 35.5. The largest absolute Gasteiger partial charge is 0.354 e. The summed E-state index contributed by atoms with van der Waals surface area (Å²) in [6, 6.07) is 0. The molecule has 14 nitrogen and oxygen atoms in total. The molecule has 0 atom stereocenters. The summed E-state index contributed by atoms with van der Waals surface area (Å²) in [4.78, 5) is 88.2. The zero-order chi connectivity index (χ0) is 28.2. The van der Waals surface area contributed by atoms with Gasteiger partial charge in [-0.3, -0.25) is 28.9 Å². The quantitative estimate of drug-likeness (QED) is 0.207. The van der Waals surface area contributed by atoms with E-state index in [2.05, 4.69) is 25.6 Å². The molecule has 0 bridgehead atoms. The molecule has 0 radical (unpaired) electrons. The lowest BCUT2D eigenvalue weighted by molar-refractivity contribution is -0.197. The van der Waals surface area contributed by atoms with Gasteiger partial charge in [0.25, 0.3) is 11.8 Å². The van der Waals surface area contributed by atoms with Crippen molar-refractivity contribution in [3.63, 3.8) is 0 Å². The molecule has 212 valence electrons. The number of imide groups is 2. The number of nitrogens with zero attached hydrogens (tertiary/aromatic N) is 5. The van der Waals surface area contributed by atoms with Gasteiger partial charge in [0.2, 0.25) is 29.0 Å². The predicted molar refractivity (Wildman–Crippen MR) is 137 cm³/mol. The summed E-state index contributed by atoms with van der Waals surface area (Å²) in [7, 11) is 0. The number of anilines is 2. The average molecular weight is 566 g/mol. The fourth-order valence-corrected chi connectivity index (χ4v) is 4.12. The third-order valence-electron chi connectivity index (χ3n) is 6.05. The number of amides is 4. The number of rotatable bonds is 17. The zero-order valence-electron chi connectivity index (χ0n) is 21.6. The van der Waals surface area contributed by atoms with Gasteiger partial charge in [0.1, 0.15) is 0 Å². The normalized spacial score (nSPS) is 15.3. The SMILES string of the molecule is O=C(CCCCCNc1nc(Cl)nc(NCCCCCC(=O)ON2C(=O)CCC2=O)n1)CN1C(=O)CCC1=O. The number of likely N-dealkylation sites (tertiary alicyclic amines) is 1. The summed E-state index contributed by atoms with van der Waals surface area (Å²) in [5.74, 6) is -1.68. The molecular formula is C24H32ClN7O7. The Morgan fingerprint density at radius 2 is 1.23 bits per heavy atom. The molecule has 2 aliphatic rings. The van der Waals surface area contributed by atoms with Crippen molar-refractivity contribution in [2.24, 2.45) is 0 Å². The number of carbonyl (C=O) groups excluding carboxylic acids is 6. The Labute approximate surface area is 230 Å². The van der Waals surface area contributed by atoms with Crippen molar-refractivity contribution in [2.45, 2.75) is 77.0 Å². The van der Waals surface area contributed by atoms with Crippen molar-refractivity contribution < 1.29 is 33.6 Å². The molecule has 2 aliphatic heterocycles. The van der Waals surface area contributed by atoms with Gasteiger partial charge in [0.05, 0.1) is 6.54 Å². The number of halogens is 1. The highest BCUT2D eigenvalue weighted by molar-refractivity contribution is 6.28. The number of hydroxylamine groups is 2. The van der Waals surface area contributed by atoms with Crippen LogP contribution in [-0.4, -0.2) is 79.9 Å². The van der Waals surface area contributed by atoms with Crippen LogP contribution >= 0.6 is 11.6 Å². The summed E-state index contributed by atoms with van der Waals surface area (Å²) < 4.78 is 0. The van der Waals surface area contributed by atoms with Crippen molar-refractivity contribution in [1.82, 2.24) is 24.9 Å². The Kier molecular flexibility index (Phi) is 11.5. The van der Waals surface area contributed by atoms with E-state index >= 15 is 0 Å². The Balaban J connectivity index is 1.24. The van der Waals surface area contributed by atoms with Gasteiger partial charge in [-0.25, -0.2) is 4.79 Å². The first-order valence-corrected chi connectivity index (χ1v) is 13.4. The second-order valence-corrected chi connectivity index (χ2v) is 9.52. The molecular weight excluding hydrogens is 534 g/mol. The topological polar surface area (TPSA) is 181 Å². The number of carbonyl (C=O) groups is 6. The number of nitrogens with one attached hydrogen (secondary N) is 2. The zero-order valence-corrected chi connectivity index (χ0v) is 22.3. The molecule has 2 fully saturated rings. The van der Waals surface area contributed by atoms with Crippen molar-refractivity contribution in [2.75, 3.05) is 30.3 Å². The highest BCUT2D eigenvalue weighted by Gasteiger charge is 2.32. The van der Waals surface area contributed by atoms with E-state index in [1.165, 1.54) is 0 Å². The molecule has 2 saturated heterocycles. The van der Waals surface area contributed by atoms with Gasteiger partial charge in [0, 0.05) is 51.6 Å². The molecule has 0 spiro atoms. The Morgan fingerprint density at radius 3 is 1.79 bits per heavy atom. The minimum absolute atomic E-state index is 0.0281. The number of aromatic nitrogens is 3. The third kappa shape index (κ3) is 9.85. The Bertz CT molecular complexity index is 988. The molecule has 3 rings (SSSR count). The van der Waals surface area contributed by atoms with E-state index in [0.29, 0.717) is 62.2 Å². The molecule has 4 amide bonds. The van der Waals surface area contributed by atoms with Crippen molar-refractivity contribution >= 4 is 58.9 Å². The van der Waals surface area contributed by atoms with E-state index in [-0.39, 0.29) is 61.5 Å². The first kappa shape index (κ1) is 29.9. The molecule has 0 aromatic carbocycles. The first-order valence-electron chi connectivity index (χ1n) is 13.0. The van der Waals surface area contributed by atoms with Crippen LogP contribution < -0.4 is 10.6 Å². The lowest BCUT2D eigenvalue weighted by atomic mass is 10.1. The van der Waals surface area contributed by atoms with E-state index in [4.69, 9.17) is 16.4 Å². The summed E-state index contributed by atoms with van der Waals surface area (Å²) in [6.45, 7) is 0.951. The predicted octanol–water partition coefficient (Wildman–Crippen LogP) is 1.79. The van der Waals surface area contributed by atoms with E-state index in [0.717, 1.165) is 17.7 Å². The fraction of sp³-hybridized carbons (Fsp3) is 0.625. The van der Waals surface area contributed by atoms with E-state index in [9.17, 15) is 28.8 Å². The van der Waals surface area contributed by atoms with Gasteiger partial charge in [-0.05, 0) is 37.3 Å². The second kappa shape index (κ2) is 15.0. The number of unbranched alkanes of at least 4 members (excludes halogenated alkanes) is 4. The van der Waals surface area contributed by atoms with Gasteiger partial charge in [0.15, 0.2) is 5.78 Å². The van der Waals surface area contributed by atoms with Crippen molar-refractivity contribution in [1.29, 1.82) is 0 Å². The van der Waals surface area contributed by atoms with Gasteiger partial charge in [-0.2, -0.15) is 15.0 Å². The first-order chi connectivity index (χ1) is 18.7. The van der Waals surface area contributed by atoms with Crippen LogP contribution in [0.15, 0.2) is 0 Å². The van der Waals surface area contributed by atoms with Crippen LogP contribution in [0.5, 0.6) is 0 Å². The second-order valence-electron chi connectivity index (χ2n) is 9.18. The van der Waals surface area contributed by atoms with Crippen LogP contribution in [0, 0.1) is 0 Å². The molecule has 15 heteroatoms. The molecule has 3 heterocycles. The minimum Gasteiger partial charge on any atom is -0.354 e. The fourth-order valence-electron chi connectivity index (χ4n) is 3.96. The summed E-state index contributed by atoms with van der Waals surface area (Å²) in [5, 5.41) is 6.70. The number of ketones is 1. The molecule has 0 unspecified atom stereocenters. The number of hydrogen-bond acceptors (Lipinski definition) is 12. The molecule has 2 N–H and O–H groups in total. The lowest BCUT2D eigenvalue weighted by Gasteiger charge is -2.12. The van der Waals surface area contributed by atoms with Gasteiger partial charge in [-0.1, -0.05) is 12.8 Å². The number of Topliss-reactive ketones (excluding diaryl/α,β-unsaturated/α-hetero) is 1. The third-order valence-corrected chi connectivity index (χ3v) is 6.22. The van der Waals surface area contributed by atoms with Crippen LogP contribution in [0.1, 0.15) is 77.0 Å². The summed E-state index contributed by atoms with van der Waals surface area (Å²) >= 11 is 5.99. The van der Waals surface area contributed by atoms with Crippen molar-refractivity contribution in [3.05, 3.63) is 5.28 Å². The van der Waals surface area contributed by atoms with Crippen LogP contribution in [0.25, 0.3) is 0 Å². The summed E-state index contributed by atoms with van der Waals surface area (Å²) in [5.41, 5.74) is 0. The smallest absolute Gasteiger partial charge is 0.333 e. The molecule has 0 aliphatic carbocycles. The van der Waals surface area contributed by atoms with Gasteiger partial charge < -0.3 is 15.5 Å². The van der Waals surface area contributed by atoms with E-state index in [1.807, 2.05) is 0 Å². The van der Waals surface area contributed by atoms with Gasteiger partial charge >= 0.3 is 5.97 Å². The standard InChI is InChI=1S/C24H32ClN7O7/c25-22-28-23(26-13-5-1-3-7-16(33)15-31-17(34)9-10-18(31)35)30-24(29-22)27-14-6-2-4-8-21(38)39-32-19(36)11-12-20(32)37/h1-15H2,(H2,26,27,28,29,30). The number of hydrogen-bond donors (Lipinski definition) is 2. The average Bonchev–Trinajstić information content (AvgIpc) is 3.38. The highest BCUT2D eigenvalue weighted by Crippen LogP contribution is 2.15. The van der Waals surface area contributed by atoms with Crippen LogP contribution in [-0.2, 0) is 33.6 Å². The maximum atomic E-state index is 12.0. The minimum atomic E-state index is -0.617. The molecule has 1 aromatic rings. The van der Waals surface area contributed by atoms with Crippen LogP contribution in [0.4, 0.5) is 11.9 Å². The Hall–Kier alpha value is -3.68. The van der Waals surface area contributed by atoms with E-state index < -0.39 is 17.8 Å². The molecule has 39 heavy (non-hydrogen) atoms. The molecule has 0 saturated carbocycles. The monoisotopic (exact) mass is 565 g/mol.